The number of hydrogen-bond acceptors (Lipinski definition) is 4. The standard InChI is InChI=1S/C21H29NO3/c1-4-12-20(19(23)25-6-3)17-22(15-14-21(20,24)13-5-2)16-18-10-8-7-9-11-18/h4-5,7-11,24H,1-2,6,12-17H2,3H3/t20-,21+/m0/s1. The number of aliphatic hydroxyl groups is 1. The molecule has 1 aliphatic heterocycles. The second-order valence-corrected chi connectivity index (χ2v) is 6.77. The van der Waals surface area contributed by atoms with Crippen LogP contribution in [0.15, 0.2) is 55.6 Å². The summed E-state index contributed by atoms with van der Waals surface area (Å²) >= 11 is 0. The average Bonchev–Trinajstić information content (AvgIpc) is 2.59. The lowest BCUT2D eigenvalue weighted by atomic mass is 9.63. The van der Waals surface area contributed by atoms with Crippen molar-refractivity contribution in [2.24, 2.45) is 5.41 Å². The summed E-state index contributed by atoms with van der Waals surface area (Å²) in [6.45, 7) is 11.6. The molecule has 0 radical (unpaired) electrons. The molecule has 1 N–H and O–H groups in total. The highest BCUT2D eigenvalue weighted by molar-refractivity contribution is 5.79. The Kier molecular flexibility index (Phi) is 6.57. The number of carbonyl (C=O) groups excluding carboxylic acids is 1. The van der Waals surface area contributed by atoms with Gasteiger partial charge >= 0.3 is 5.97 Å². The summed E-state index contributed by atoms with van der Waals surface area (Å²) in [7, 11) is 0. The number of benzene rings is 1. The van der Waals surface area contributed by atoms with Crippen LogP contribution in [0.5, 0.6) is 0 Å². The minimum absolute atomic E-state index is 0.292. The van der Waals surface area contributed by atoms with E-state index in [1.165, 1.54) is 5.56 Å². The maximum absolute atomic E-state index is 12.9. The molecule has 0 saturated carbocycles. The number of likely N-dealkylation sites (tertiary alicyclic amines) is 1. The minimum Gasteiger partial charge on any atom is -0.465 e. The summed E-state index contributed by atoms with van der Waals surface area (Å²) in [6, 6.07) is 10.2. The zero-order valence-electron chi connectivity index (χ0n) is 15.1. The first-order valence-electron chi connectivity index (χ1n) is 8.89. The van der Waals surface area contributed by atoms with Crippen LogP contribution in [-0.4, -0.2) is 41.3 Å². The van der Waals surface area contributed by atoms with E-state index in [2.05, 4.69) is 30.2 Å². The van der Waals surface area contributed by atoms with Crippen LogP contribution in [0.2, 0.25) is 0 Å². The highest BCUT2D eigenvalue weighted by atomic mass is 16.5. The number of ether oxygens (including phenoxy) is 1. The van der Waals surface area contributed by atoms with Crippen LogP contribution in [0, 0.1) is 5.41 Å². The number of esters is 1. The fourth-order valence-electron chi connectivity index (χ4n) is 3.81. The lowest BCUT2D eigenvalue weighted by Gasteiger charge is -2.51. The van der Waals surface area contributed by atoms with Crippen molar-refractivity contribution in [1.82, 2.24) is 4.90 Å². The number of hydrogen-bond donors (Lipinski definition) is 1. The molecule has 4 nitrogen and oxygen atoms in total. The lowest BCUT2D eigenvalue weighted by molar-refractivity contribution is -0.189. The van der Waals surface area contributed by atoms with Crippen molar-refractivity contribution in [3.63, 3.8) is 0 Å². The summed E-state index contributed by atoms with van der Waals surface area (Å²) in [5.41, 5.74) is -0.998. The number of allylic oxidation sites excluding steroid dienone is 1. The first-order chi connectivity index (χ1) is 12.0. The number of nitrogens with zero attached hydrogens (tertiary/aromatic N) is 1. The van der Waals surface area contributed by atoms with Gasteiger partial charge in [-0.3, -0.25) is 9.69 Å². The third kappa shape index (κ3) is 4.02. The van der Waals surface area contributed by atoms with Gasteiger partial charge in [0.15, 0.2) is 0 Å². The van der Waals surface area contributed by atoms with Gasteiger partial charge < -0.3 is 9.84 Å². The maximum Gasteiger partial charge on any atom is 0.316 e. The van der Waals surface area contributed by atoms with E-state index < -0.39 is 11.0 Å². The van der Waals surface area contributed by atoms with Crippen LogP contribution in [0.25, 0.3) is 0 Å². The third-order valence-electron chi connectivity index (χ3n) is 5.12. The zero-order valence-corrected chi connectivity index (χ0v) is 15.1. The van der Waals surface area contributed by atoms with Gasteiger partial charge in [0.2, 0.25) is 0 Å². The Hall–Kier alpha value is -1.91. The van der Waals surface area contributed by atoms with E-state index >= 15 is 0 Å². The van der Waals surface area contributed by atoms with E-state index in [0.717, 1.165) is 13.1 Å². The molecular formula is C21H29NO3. The number of carbonyl (C=O) groups is 1. The van der Waals surface area contributed by atoms with Crippen LogP contribution in [0.1, 0.15) is 31.7 Å². The Morgan fingerprint density at radius 1 is 1.28 bits per heavy atom. The Morgan fingerprint density at radius 2 is 1.96 bits per heavy atom. The highest BCUT2D eigenvalue weighted by Crippen LogP contribution is 2.46. The molecule has 1 heterocycles. The third-order valence-corrected chi connectivity index (χ3v) is 5.12. The lowest BCUT2D eigenvalue weighted by Crippen LogP contribution is -2.63. The first kappa shape index (κ1) is 19.4. The Bertz CT molecular complexity index is 600. The van der Waals surface area contributed by atoms with Crippen LogP contribution in [0.4, 0.5) is 0 Å². The van der Waals surface area contributed by atoms with E-state index in [4.69, 9.17) is 4.74 Å². The van der Waals surface area contributed by atoms with Crippen molar-refractivity contribution >= 4 is 5.97 Å². The molecule has 1 aromatic rings. The zero-order chi connectivity index (χ0) is 18.3. The maximum atomic E-state index is 12.9. The fraction of sp³-hybridized carbons (Fsp3) is 0.476. The summed E-state index contributed by atoms with van der Waals surface area (Å²) in [5, 5.41) is 11.3. The van der Waals surface area contributed by atoms with Gasteiger partial charge in [-0.2, -0.15) is 0 Å². The molecule has 25 heavy (non-hydrogen) atoms. The first-order valence-corrected chi connectivity index (χ1v) is 8.89. The van der Waals surface area contributed by atoms with Gasteiger partial charge in [-0.25, -0.2) is 0 Å². The van der Waals surface area contributed by atoms with E-state index in [0.29, 0.717) is 32.4 Å². The largest absolute Gasteiger partial charge is 0.465 e. The van der Waals surface area contributed by atoms with Crippen molar-refractivity contribution in [1.29, 1.82) is 0 Å². The van der Waals surface area contributed by atoms with Gasteiger partial charge in [0.1, 0.15) is 5.41 Å². The predicted molar refractivity (Wildman–Crippen MR) is 100.0 cm³/mol. The topological polar surface area (TPSA) is 49.8 Å². The number of piperidine rings is 1. The predicted octanol–water partition coefficient (Wildman–Crippen LogP) is 3.33. The van der Waals surface area contributed by atoms with Crippen LogP contribution in [-0.2, 0) is 16.1 Å². The van der Waals surface area contributed by atoms with Crippen LogP contribution < -0.4 is 0 Å². The monoisotopic (exact) mass is 343 g/mol. The highest BCUT2D eigenvalue weighted by Gasteiger charge is 2.58. The Balaban J connectivity index is 2.33. The summed E-state index contributed by atoms with van der Waals surface area (Å²) in [6.07, 6.45) is 4.62. The van der Waals surface area contributed by atoms with Gasteiger partial charge in [0, 0.05) is 19.6 Å². The number of rotatable bonds is 8. The summed E-state index contributed by atoms with van der Waals surface area (Å²) in [5.74, 6) is -0.350. The van der Waals surface area contributed by atoms with E-state index in [9.17, 15) is 9.90 Å². The molecule has 0 spiro atoms. The molecule has 0 unspecified atom stereocenters. The van der Waals surface area contributed by atoms with Gasteiger partial charge in [-0.1, -0.05) is 42.5 Å². The molecule has 2 atom stereocenters. The molecule has 0 amide bonds. The Morgan fingerprint density at radius 3 is 2.56 bits per heavy atom. The second-order valence-electron chi connectivity index (χ2n) is 6.77. The van der Waals surface area contributed by atoms with E-state index in [1.807, 2.05) is 18.2 Å². The van der Waals surface area contributed by atoms with E-state index in [1.54, 1.807) is 19.1 Å². The van der Waals surface area contributed by atoms with E-state index in [-0.39, 0.29) is 5.97 Å². The summed E-state index contributed by atoms with van der Waals surface area (Å²) < 4.78 is 5.37. The molecule has 1 aromatic carbocycles. The van der Waals surface area contributed by atoms with Crippen molar-refractivity contribution in [2.45, 2.75) is 38.3 Å². The second kappa shape index (κ2) is 8.45. The van der Waals surface area contributed by atoms with Crippen LogP contribution >= 0.6 is 0 Å². The normalized spacial score (nSPS) is 26.8. The molecule has 1 saturated heterocycles. The van der Waals surface area contributed by atoms with Gasteiger partial charge in [-0.05, 0) is 31.7 Å². The molecular weight excluding hydrogens is 314 g/mol. The fourth-order valence-corrected chi connectivity index (χ4v) is 3.81. The molecule has 0 aromatic heterocycles. The van der Waals surface area contributed by atoms with Crippen molar-refractivity contribution in [3.05, 3.63) is 61.2 Å². The quantitative estimate of drug-likeness (QED) is 0.581. The molecule has 0 aliphatic carbocycles. The van der Waals surface area contributed by atoms with Crippen molar-refractivity contribution in [3.8, 4) is 0 Å². The van der Waals surface area contributed by atoms with Gasteiger partial charge in [-0.15, -0.1) is 13.2 Å². The van der Waals surface area contributed by atoms with Crippen LogP contribution in [0.3, 0.4) is 0 Å². The molecule has 2 rings (SSSR count). The summed E-state index contributed by atoms with van der Waals surface area (Å²) in [4.78, 5) is 15.1. The average molecular weight is 343 g/mol. The molecule has 0 bridgehead atoms. The van der Waals surface area contributed by atoms with Gasteiger partial charge in [0.05, 0.1) is 12.2 Å². The minimum atomic E-state index is -1.16. The Labute approximate surface area is 150 Å². The molecule has 1 fully saturated rings. The smallest absolute Gasteiger partial charge is 0.316 e. The van der Waals surface area contributed by atoms with Crippen molar-refractivity contribution < 1.29 is 14.6 Å². The molecule has 4 heteroatoms. The molecule has 1 aliphatic rings. The van der Waals surface area contributed by atoms with Gasteiger partial charge in [0.25, 0.3) is 0 Å². The van der Waals surface area contributed by atoms with Crippen molar-refractivity contribution in [2.75, 3.05) is 19.7 Å². The molecule has 136 valence electrons. The SMILES string of the molecule is C=CC[C@@]1(O)CCN(Cc2ccccc2)C[C@@]1(CC=C)C(=O)OCC.